The zero-order valence-corrected chi connectivity index (χ0v) is 16.6. The molecule has 0 fully saturated rings. The summed E-state index contributed by atoms with van der Waals surface area (Å²) in [6.07, 6.45) is 1.30. The first-order chi connectivity index (χ1) is 12.2. The molecule has 0 saturated heterocycles. The molecule has 2 aromatic rings. The van der Waals surface area contributed by atoms with Gasteiger partial charge in [0.2, 0.25) is 15.9 Å². The summed E-state index contributed by atoms with van der Waals surface area (Å²) in [5, 5.41) is 2.97. The molecule has 1 atom stereocenters. The largest absolute Gasteiger partial charge is 0.497 e. The minimum Gasteiger partial charge on any atom is -0.497 e. The number of carbonyl (C=O) groups is 1. The fourth-order valence-corrected chi connectivity index (χ4v) is 3.62. The van der Waals surface area contributed by atoms with Crippen molar-refractivity contribution in [3.63, 3.8) is 0 Å². The quantitative estimate of drug-likeness (QED) is 0.725. The van der Waals surface area contributed by atoms with Gasteiger partial charge in [0.15, 0.2) is 0 Å². The number of thioether (sulfide) groups is 1. The number of methoxy groups -OCH3 is 1. The lowest BCUT2D eigenvalue weighted by molar-refractivity contribution is -0.115. The van der Waals surface area contributed by atoms with Crippen molar-refractivity contribution in [1.29, 1.82) is 0 Å². The van der Waals surface area contributed by atoms with Crippen molar-refractivity contribution in [2.24, 2.45) is 0 Å². The molecular weight excluding hydrogens is 374 g/mol. The summed E-state index contributed by atoms with van der Waals surface area (Å²) in [5.41, 5.74) is 0.641. The van der Waals surface area contributed by atoms with Gasteiger partial charge in [-0.2, -0.15) is 0 Å². The number of nitrogens with zero attached hydrogens (tertiary/aromatic N) is 2. The number of amides is 1. The Balaban J connectivity index is 2.02. The molecule has 7 nitrogen and oxygen atoms in total. The average molecular weight is 396 g/mol. The molecule has 1 N–H and O–H groups in total. The third-order valence-electron chi connectivity index (χ3n) is 3.49. The van der Waals surface area contributed by atoms with Crippen molar-refractivity contribution in [1.82, 2.24) is 9.29 Å². The molecule has 1 aromatic carbocycles. The van der Waals surface area contributed by atoms with Crippen LogP contribution in [-0.2, 0) is 14.8 Å². The smallest absolute Gasteiger partial charge is 0.244 e. The summed E-state index contributed by atoms with van der Waals surface area (Å²) in [6.45, 7) is 1.76. The number of pyridine rings is 1. The number of hydrogen-bond donors (Lipinski definition) is 1. The third-order valence-corrected chi connectivity index (χ3v) is 6.34. The summed E-state index contributed by atoms with van der Waals surface area (Å²) in [7, 11) is 0.968. The predicted molar refractivity (Wildman–Crippen MR) is 102 cm³/mol. The summed E-state index contributed by atoms with van der Waals surface area (Å²) in [6, 6.07) is 10.2. The van der Waals surface area contributed by atoms with Crippen LogP contribution in [0, 0.1) is 0 Å². The second-order valence-corrected chi connectivity index (χ2v) is 9.11. The Labute approximate surface area is 157 Å². The van der Waals surface area contributed by atoms with Crippen molar-refractivity contribution in [2.75, 3.05) is 26.5 Å². The molecule has 0 bridgehead atoms. The SMILES string of the molecule is COc1cccc(NC(=O)[C@H](C)Sc2ccc(S(=O)(=O)N(C)C)cn2)c1. The molecule has 0 aliphatic rings. The van der Waals surface area contributed by atoms with Gasteiger partial charge in [0.25, 0.3) is 0 Å². The van der Waals surface area contributed by atoms with E-state index in [9.17, 15) is 13.2 Å². The van der Waals surface area contributed by atoms with E-state index >= 15 is 0 Å². The van der Waals surface area contributed by atoms with E-state index in [-0.39, 0.29) is 10.8 Å². The van der Waals surface area contributed by atoms with E-state index in [2.05, 4.69) is 10.3 Å². The number of ether oxygens (including phenoxy) is 1. The van der Waals surface area contributed by atoms with Gasteiger partial charge in [0.1, 0.15) is 10.6 Å². The molecule has 0 radical (unpaired) electrons. The molecule has 2 rings (SSSR count). The minimum atomic E-state index is -3.52. The van der Waals surface area contributed by atoms with Crippen molar-refractivity contribution >= 4 is 33.4 Å². The second kappa shape index (κ2) is 8.52. The van der Waals surface area contributed by atoms with Crippen molar-refractivity contribution in [3.05, 3.63) is 42.6 Å². The first kappa shape index (κ1) is 20.2. The zero-order chi connectivity index (χ0) is 19.3. The van der Waals surface area contributed by atoms with Gasteiger partial charge in [0.05, 0.1) is 17.4 Å². The van der Waals surface area contributed by atoms with E-state index in [1.165, 1.54) is 38.1 Å². The molecule has 140 valence electrons. The van der Waals surface area contributed by atoms with E-state index in [1.54, 1.807) is 44.4 Å². The van der Waals surface area contributed by atoms with Gasteiger partial charge in [-0.15, -0.1) is 0 Å². The topological polar surface area (TPSA) is 88.6 Å². The van der Waals surface area contributed by atoms with Gasteiger partial charge in [-0.25, -0.2) is 17.7 Å². The van der Waals surface area contributed by atoms with Crippen LogP contribution in [0.2, 0.25) is 0 Å². The van der Waals surface area contributed by atoms with Crippen molar-refractivity contribution in [3.8, 4) is 5.75 Å². The number of benzene rings is 1. The van der Waals surface area contributed by atoms with E-state index in [0.29, 0.717) is 16.5 Å². The van der Waals surface area contributed by atoms with Gasteiger partial charge < -0.3 is 10.1 Å². The average Bonchev–Trinajstić information content (AvgIpc) is 2.62. The zero-order valence-electron chi connectivity index (χ0n) is 15.0. The van der Waals surface area contributed by atoms with Crippen LogP contribution in [0.5, 0.6) is 5.75 Å². The molecule has 9 heteroatoms. The molecule has 1 heterocycles. The number of carbonyl (C=O) groups excluding carboxylic acids is 1. The van der Waals surface area contributed by atoms with Gasteiger partial charge in [-0.3, -0.25) is 4.79 Å². The van der Waals surface area contributed by atoms with Crippen LogP contribution >= 0.6 is 11.8 Å². The fraction of sp³-hybridized carbons (Fsp3) is 0.294. The molecule has 0 saturated carbocycles. The van der Waals surface area contributed by atoms with E-state index in [0.717, 1.165) is 4.31 Å². The molecule has 0 spiro atoms. The third kappa shape index (κ3) is 4.96. The van der Waals surface area contributed by atoms with E-state index in [4.69, 9.17) is 4.74 Å². The summed E-state index contributed by atoms with van der Waals surface area (Å²) in [5.74, 6) is 0.470. The Morgan fingerprint density at radius 2 is 2.00 bits per heavy atom. The van der Waals surface area contributed by atoms with Crippen LogP contribution in [0.4, 0.5) is 5.69 Å². The van der Waals surface area contributed by atoms with Crippen molar-refractivity contribution < 1.29 is 17.9 Å². The predicted octanol–water partition coefficient (Wildman–Crippen LogP) is 2.46. The van der Waals surface area contributed by atoms with Gasteiger partial charge in [-0.05, 0) is 31.2 Å². The lowest BCUT2D eigenvalue weighted by Crippen LogP contribution is -2.23. The number of sulfonamides is 1. The van der Waals surface area contributed by atoms with Gasteiger partial charge in [0, 0.05) is 32.0 Å². The van der Waals surface area contributed by atoms with Crippen molar-refractivity contribution in [2.45, 2.75) is 22.1 Å². The Kier molecular flexibility index (Phi) is 6.63. The number of nitrogens with one attached hydrogen (secondary N) is 1. The number of hydrogen-bond acceptors (Lipinski definition) is 6. The lowest BCUT2D eigenvalue weighted by Gasteiger charge is -2.13. The van der Waals surface area contributed by atoms with E-state index < -0.39 is 15.3 Å². The highest BCUT2D eigenvalue weighted by molar-refractivity contribution is 8.00. The molecule has 1 aromatic heterocycles. The number of aromatic nitrogens is 1. The summed E-state index contributed by atoms with van der Waals surface area (Å²) < 4.78 is 30.3. The lowest BCUT2D eigenvalue weighted by atomic mass is 10.3. The minimum absolute atomic E-state index is 0.111. The maximum Gasteiger partial charge on any atom is 0.244 e. The Morgan fingerprint density at radius 1 is 1.27 bits per heavy atom. The molecule has 26 heavy (non-hydrogen) atoms. The van der Waals surface area contributed by atoms with Gasteiger partial charge in [-0.1, -0.05) is 17.8 Å². The summed E-state index contributed by atoms with van der Waals surface area (Å²) in [4.78, 5) is 16.6. The molecule has 0 aliphatic carbocycles. The highest BCUT2D eigenvalue weighted by atomic mass is 32.2. The standard InChI is InChI=1S/C17H21N3O4S2/c1-12(17(21)19-13-6-5-7-14(10-13)24-4)25-16-9-8-15(11-18-16)26(22,23)20(2)3/h5-12H,1-4H3,(H,19,21)/t12-/m0/s1. The maximum atomic E-state index is 12.3. The molecule has 0 unspecified atom stereocenters. The maximum absolute atomic E-state index is 12.3. The molecule has 0 aliphatic heterocycles. The van der Waals surface area contributed by atoms with Crippen LogP contribution in [-0.4, -0.2) is 50.1 Å². The van der Waals surface area contributed by atoms with Gasteiger partial charge >= 0.3 is 0 Å². The molecule has 1 amide bonds. The Bertz CT molecular complexity index is 868. The first-order valence-electron chi connectivity index (χ1n) is 7.74. The normalized spacial score (nSPS) is 12.7. The second-order valence-electron chi connectivity index (χ2n) is 5.60. The highest BCUT2D eigenvalue weighted by Gasteiger charge is 2.19. The van der Waals surface area contributed by atoms with Crippen LogP contribution in [0.1, 0.15) is 6.92 Å². The molecular formula is C17H21N3O4S2. The fourth-order valence-electron chi connectivity index (χ4n) is 1.98. The first-order valence-corrected chi connectivity index (χ1v) is 10.1. The number of anilines is 1. The van der Waals surface area contributed by atoms with Crippen LogP contribution in [0.25, 0.3) is 0 Å². The summed E-state index contributed by atoms with van der Waals surface area (Å²) >= 11 is 1.25. The van der Waals surface area contributed by atoms with E-state index in [1.807, 2.05) is 0 Å². The highest BCUT2D eigenvalue weighted by Crippen LogP contribution is 2.24. The Hall–Kier alpha value is -2.10. The number of rotatable bonds is 7. The van der Waals surface area contributed by atoms with Crippen LogP contribution < -0.4 is 10.1 Å². The monoisotopic (exact) mass is 395 g/mol. The Morgan fingerprint density at radius 3 is 2.58 bits per heavy atom. The van der Waals surface area contributed by atoms with Crippen LogP contribution in [0.3, 0.4) is 0 Å². The van der Waals surface area contributed by atoms with Crippen LogP contribution in [0.15, 0.2) is 52.5 Å².